The number of methoxy groups -OCH3 is 1. The molecule has 0 atom stereocenters. The van der Waals surface area contributed by atoms with Crippen molar-refractivity contribution >= 4 is 5.91 Å². The van der Waals surface area contributed by atoms with Gasteiger partial charge >= 0.3 is 0 Å². The molecule has 0 radical (unpaired) electrons. The van der Waals surface area contributed by atoms with E-state index in [-0.39, 0.29) is 12.0 Å². The zero-order valence-corrected chi connectivity index (χ0v) is 12.9. The number of rotatable bonds is 10. The van der Waals surface area contributed by atoms with Crippen LogP contribution in [0.3, 0.4) is 0 Å². The highest BCUT2D eigenvalue weighted by Crippen LogP contribution is 2.09. The second kappa shape index (κ2) is 10.1. The van der Waals surface area contributed by atoms with Crippen LogP contribution in [0.25, 0.3) is 0 Å². The summed E-state index contributed by atoms with van der Waals surface area (Å²) < 4.78 is 15.7. The molecule has 0 bridgehead atoms. The normalized spacial score (nSPS) is 10.7. The molecule has 0 aliphatic heterocycles. The maximum atomic E-state index is 12.0. The molecule has 0 spiro atoms. The van der Waals surface area contributed by atoms with Crippen LogP contribution in [0.2, 0.25) is 0 Å². The van der Waals surface area contributed by atoms with Gasteiger partial charge in [-0.05, 0) is 26.3 Å². The second-order valence-electron chi connectivity index (χ2n) is 4.75. The molecule has 118 valence electrons. The highest BCUT2D eigenvalue weighted by molar-refractivity contribution is 5.94. The molecule has 6 nitrogen and oxygen atoms in total. The van der Waals surface area contributed by atoms with Crippen LogP contribution in [0, 0.1) is 0 Å². The van der Waals surface area contributed by atoms with Gasteiger partial charge in [0.25, 0.3) is 5.91 Å². The quantitative estimate of drug-likeness (QED) is 0.665. The molecule has 0 saturated carbocycles. The predicted octanol–water partition coefficient (Wildman–Crippen LogP) is 1.65. The monoisotopic (exact) mass is 296 g/mol. The van der Waals surface area contributed by atoms with E-state index in [1.54, 1.807) is 25.4 Å². The van der Waals surface area contributed by atoms with Crippen molar-refractivity contribution < 1.29 is 19.0 Å². The molecule has 0 aromatic carbocycles. The molecule has 0 unspecified atom stereocenters. The zero-order valence-electron chi connectivity index (χ0n) is 12.9. The molecule has 6 heteroatoms. The van der Waals surface area contributed by atoms with Crippen molar-refractivity contribution in [3.63, 3.8) is 0 Å². The van der Waals surface area contributed by atoms with Crippen molar-refractivity contribution in [3.8, 4) is 5.88 Å². The summed E-state index contributed by atoms with van der Waals surface area (Å²) in [5, 5.41) is 2.84. The fourth-order valence-corrected chi connectivity index (χ4v) is 1.55. The van der Waals surface area contributed by atoms with Crippen molar-refractivity contribution in [2.45, 2.75) is 26.4 Å². The molecule has 1 amide bonds. The lowest BCUT2D eigenvalue weighted by atomic mass is 10.2. The van der Waals surface area contributed by atoms with E-state index in [2.05, 4.69) is 10.3 Å². The number of amides is 1. The Kier molecular flexibility index (Phi) is 8.38. The van der Waals surface area contributed by atoms with Crippen molar-refractivity contribution in [2.75, 3.05) is 33.5 Å². The number of hydrogen-bond donors (Lipinski definition) is 1. The van der Waals surface area contributed by atoms with Gasteiger partial charge in [0.05, 0.1) is 12.7 Å². The van der Waals surface area contributed by atoms with Gasteiger partial charge < -0.3 is 19.5 Å². The molecule has 1 N–H and O–H groups in total. The molecule has 0 aliphatic carbocycles. The second-order valence-corrected chi connectivity index (χ2v) is 4.75. The predicted molar refractivity (Wildman–Crippen MR) is 79.6 cm³/mol. The molecular weight excluding hydrogens is 272 g/mol. The lowest BCUT2D eigenvalue weighted by Crippen LogP contribution is -2.25. The van der Waals surface area contributed by atoms with E-state index in [1.165, 1.54) is 0 Å². The van der Waals surface area contributed by atoms with E-state index < -0.39 is 0 Å². The van der Waals surface area contributed by atoms with Crippen molar-refractivity contribution in [1.29, 1.82) is 0 Å². The number of hydrogen-bond acceptors (Lipinski definition) is 5. The Morgan fingerprint density at radius 3 is 2.86 bits per heavy atom. The van der Waals surface area contributed by atoms with Crippen LogP contribution in [0.1, 0.15) is 30.6 Å². The number of carbonyl (C=O) groups excluding carboxylic acids is 1. The zero-order chi connectivity index (χ0) is 15.5. The smallest absolute Gasteiger partial charge is 0.251 e. The number of carbonyl (C=O) groups is 1. The van der Waals surface area contributed by atoms with E-state index >= 15 is 0 Å². The third-order valence-electron chi connectivity index (χ3n) is 2.59. The maximum absolute atomic E-state index is 12.0. The molecule has 21 heavy (non-hydrogen) atoms. The van der Waals surface area contributed by atoms with E-state index in [1.807, 2.05) is 13.8 Å². The van der Waals surface area contributed by atoms with Gasteiger partial charge in [-0.15, -0.1) is 0 Å². The Morgan fingerprint density at radius 1 is 1.33 bits per heavy atom. The number of ether oxygens (including phenoxy) is 3. The highest BCUT2D eigenvalue weighted by Gasteiger charge is 2.07. The topological polar surface area (TPSA) is 69.7 Å². The molecule has 0 saturated heterocycles. The summed E-state index contributed by atoms with van der Waals surface area (Å²) in [6.07, 6.45) is 2.55. The Hall–Kier alpha value is -1.66. The van der Waals surface area contributed by atoms with Crippen LogP contribution < -0.4 is 10.1 Å². The Balaban J connectivity index is 2.34. The van der Waals surface area contributed by atoms with E-state index in [4.69, 9.17) is 14.2 Å². The standard InChI is InChI=1S/C15H24N2O4/c1-12(2)20-8-4-6-17-15(18)13-5-7-16-14(11-13)21-10-9-19-3/h5,7,11-12H,4,6,8-10H2,1-3H3,(H,17,18). The molecule has 1 heterocycles. The largest absolute Gasteiger partial charge is 0.475 e. The van der Waals surface area contributed by atoms with Gasteiger partial charge in [-0.3, -0.25) is 4.79 Å². The Morgan fingerprint density at radius 2 is 2.14 bits per heavy atom. The molecular formula is C15H24N2O4. The molecule has 0 fully saturated rings. The third-order valence-corrected chi connectivity index (χ3v) is 2.59. The van der Waals surface area contributed by atoms with Crippen LogP contribution in [0.5, 0.6) is 5.88 Å². The average molecular weight is 296 g/mol. The summed E-state index contributed by atoms with van der Waals surface area (Å²) in [5.74, 6) is 0.279. The summed E-state index contributed by atoms with van der Waals surface area (Å²) in [6, 6.07) is 3.28. The lowest BCUT2D eigenvalue weighted by molar-refractivity contribution is 0.0757. The average Bonchev–Trinajstić information content (AvgIpc) is 2.47. The van der Waals surface area contributed by atoms with E-state index in [0.717, 1.165) is 6.42 Å². The van der Waals surface area contributed by atoms with Gasteiger partial charge in [0.2, 0.25) is 5.88 Å². The molecule has 1 aromatic rings. The fraction of sp³-hybridized carbons (Fsp3) is 0.600. The fourth-order valence-electron chi connectivity index (χ4n) is 1.55. The minimum absolute atomic E-state index is 0.140. The summed E-state index contributed by atoms with van der Waals surface area (Å²) in [6.45, 7) is 6.07. The van der Waals surface area contributed by atoms with Crippen LogP contribution in [-0.2, 0) is 9.47 Å². The van der Waals surface area contributed by atoms with Gasteiger partial charge in [0.15, 0.2) is 0 Å². The summed E-state index contributed by atoms with van der Waals surface area (Å²) in [5.41, 5.74) is 0.530. The first-order valence-corrected chi connectivity index (χ1v) is 7.11. The van der Waals surface area contributed by atoms with Gasteiger partial charge in [0.1, 0.15) is 6.61 Å². The molecule has 1 aromatic heterocycles. The van der Waals surface area contributed by atoms with Gasteiger partial charge in [-0.2, -0.15) is 0 Å². The SMILES string of the molecule is COCCOc1cc(C(=O)NCCCOC(C)C)ccn1. The van der Waals surface area contributed by atoms with Gasteiger partial charge in [0, 0.05) is 38.1 Å². The number of pyridine rings is 1. The number of nitrogens with one attached hydrogen (secondary N) is 1. The number of aromatic nitrogens is 1. The Bertz CT molecular complexity index is 424. The van der Waals surface area contributed by atoms with Gasteiger partial charge in [-0.25, -0.2) is 4.98 Å². The summed E-state index contributed by atoms with van der Waals surface area (Å²) in [4.78, 5) is 16.0. The van der Waals surface area contributed by atoms with Crippen molar-refractivity contribution in [3.05, 3.63) is 23.9 Å². The first kappa shape index (κ1) is 17.4. The third kappa shape index (κ3) is 7.63. The van der Waals surface area contributed by atoms with E-state index in [0.29, 0.717) is 37.8 Å². The van der Waals surface area contributed by atoms with Crippen molar-refractivity contribution in [2.24, 2.45) is 0 Å². The van der Waals surface area contributed by atoms with Crippen LogP contribution in [0.15, 0.2) is 18.3 Å². The maximum Gasteiger partial charge on any atom is 0.251 e. The summed E-state index contributed by atoms with van der Waals surface area (Å²) >= 11 is 0. The first-order chi connectivity index (χ1) is 10.1. The van der Waals surface area contributed by atoms with Crippen LogP contribution >= 0.6 is 0 Å². The highest BCUT2D eigenvalue weighted by atomic mass is 16.5. The molecule has 1 rings (SSSR count). The summed E-state index contributed by atoms with van der Waals surface area (Å²) in [7, 11) is 1.60. The Labute approximate surface area is 125 Å². The van der Waals surface area contributed by atoms with Gasteiger partial charge in [-0.1, -0.05) is 0 Å². The minimum Gasteiger partial charge on any atom is -0.475 e. The lowest BCUT2D eigenvalue weighted by Gasteiger charge is -2.09. The van der Waals surface area contributed by atoms with E-state index in [9.17, 15) is 4.79 Å². The van der Waals surface area contributed by atoms with Crippen LogP contribution in [0.4, 0.5) is 0 Å². The number of nitrogens with zero attached hydrogens (tertiary/aromatic N) is 1. The first-order valence-electron chi connectivity index (χ1n) is 7.11. The van der Waals surface area contributed by atoms with Crippen molar-refractivity contribution in [1.82, 2.24) is 10.3 Å². The molecule has 0 aliphatic rings. The van der Waals surface area contributed by atoms with Crippen LogP contribution in [-0.4, -0.2) is 50.5 Å². The minimum atomic E-state index is -0.140.